The van der Waals surface area contributed by atoms with E-state index in [-0.39, 0.29) is 34.1 Å². The molecule has 1 saturated heterocycles. The van der Waals surface area contributed by atoms with Crippen molar-refractivity contribution in [2.45, 2.75) is 31.1 Å². The highest BCUT2D eigenvalue weighted by Gasteiger charge is 2.39. The molecule has 0 aliphatic carbocycles. The number of rotatable bonds is 6. The van der Waals surface area contributed by atoms with Gasteiger partial charge in [-0.25, -0.2) is 4.98 Å². The molecule has 190 valence electrons. The van der Waals surface area contributed by atoms with Gasteiger partial charge in [0.15, 0.2) is 0 Å². The zero-order valence-electron chi connectivity index (χ0n) is 19.5. The SMILES string of the molecule is CNC(=O)c1nc(NC)c(C2(N)CCS(=O)C2)cc1C(N)=N[C@H](C)c1cc(N)cc(C(F)(F)F)c1. The molecule has 1 amide bonds. The second-order valence-electron chi connectivity index (χ2n) is 8.38. The quantitative estimate of drug-likeness (QED) is 0.225. The van der Waals surface area contributed by atoms with Crippen molar-refractivity contribution in [1.82, 2.24) is 10.3 Å². The molecule has 8 N–H and O–H groups in total. The van der Waals surface area contributed by atoms with Crippen LogP contribution in [0.15, 0.2) is 29.3 Å². The number of nitrogens with one attached hydrogen (secondary N) is 2. The number of alkyl halides is 3. The Morgan fingerprint density at radius 2 is 1.94 bits per heavy atom. The zero-order chi connectivity index (χ0) is 26.1. The Morgan fingerprint density at radius 3 is 2.49 bits per heavy atom. The Labute approximate surface area is 203 Å². The fraction of sp³-hybridized carbons (Fsp3) is 0.409. The van der Waals surface area contributed by atoms with Crippen LogP contribution in [0.1, 0.15) is 52.1 Å². The molecule has 2 heterocycles. The number of carbonyl (C=O) groups excluding carboxylic acids is 1. The predicted octanol–water partition coefficient (Wildman–Crippen LogP) is 1.86. The fourth-order valence-corrected chi connectivity index (χ4v) is 5.55. The van der Waals surface area contributed by atoms with Crippen LogP contribution in [0.25, 0.3) is 0 Å². The van der Waals surface area contributed by atoms with E-state index in [0.717, 1.165) is 12.1 Å². The molecule has 35 heavy (non-hydrogen) atoms. The maximum absolute atomic E-state index is 13.2. The molecule has 0 radical (unpaired) electrons. The number of aromatic nitrogens is 1. The summed E-state index contributed by atoms with van der Waals surface area (Å²) < 4.78 is 51.8. The predicted molar refractivity (Wildman–Crippen MR) is 131 cm³/mol. The first-order chi connectivity index (χ1) is 16.3. The minimum Gasteiger partial charge on any atom is -0.399 e. The summed E-state index contributed by atoms with van der Waals surface area (Å²) in [6, 6.07) is 3.93. The van der Waals surface area contributed by atoms with Gasteiger partial charge in [-0.15, -0.1) is 0 Å². The average Bonchev–Trinajstić information content (AvgIpc) is 3.15. The molecule has 13 heteroatoms. The second kappa shape index (κ2) is 9.82. The number of carbonyl (C=O) groups is 1. The van der Waals surface area contributed by atoms with Crippen molar-refractivity contribution in [3.05, 3.63) is 52.2 Å². The minimum absolute atomic E-state index is 0.0414. The smallest absolute Gasteiger partial charge is 0.399 e. The first-order valence-corrected chi connectivity index (χ1v) is 12.2. The number of hydrogen-bond donors (Lipinski definition) is 5. The van der Waals surface area contributed by atoms with Gasteiger partial charge in [-0.2, -0.15) is 13.2 Å². The summed E-state index contributed by atoms with van der Waals surface area (Å²) in [6.07, 6.45) is -4.14. The summed E-state index contributed by atoms with van der Waals surface area (Å²) in [5, 5.41) is 5.41. The highest BCUT2D eigenvalue weighted by Crippen LogP contribution is 2.36. The van der Waals surface area contributed by atoms with E-state index in [1.165, 1.54) is 13.1 Å². The number of nitrogens with zero attached hydrogens (tertiary/aromatic N) is 2. The molecular weight excluding hydrogens is 483 g/mol. The molecule has 1 aliphatic rings. The number of amidine groups is 1. The summed E-state index contributed by atoms with van der Waals surface area (Å²) in [6.45, 7) is 1.56. The summed E-state index contributed by atoms with van der Waals surface area (Å²) in [5.74, 6) is 0.299. The first-order valence-electron chi connectivity index (χ1n) is 10.7. The minimum atomic E-state index is -4.58. The number of hydrogen-bond acceptors (Lipinski definition) is 7. The van der Waals surface area contributed by atoms with E-state index in [1.54, 1.807) is 20.0 Å². The maximum Gasteiger partial charge on any atom is 0.416 e. The van der Waals surface area contributed by atoms with Crippen molar-refractivity contribution in [1.29, 1.82) is 0 Å². The van der Waals surface area contributed by atoms with E-state index >= 15 is 0 Å². The number of nitrogen functional groups attached to an aromatic ring is 1. The van der Waals surface area contributed by atoms with Gasteiger partial charge in [0.05, 0.1) is 17.1 Å². The van der Waals surface area contributed by atoms with Crippen molar-refractivity contribution in [3.63, 3.8) is 0 Å². The Hall–Kier alpha value is -3.19. The summed E-state index contributed by atoms with van der Waals surface area (Å²) >= 11 is 0. The number of nitrogens with two attached hydrogens (primary N) is 3. The van der Waals surface area contributed by atoms with Gasteiger partial charge in [0.25, 0.3) is 5.91 Å². The van der Waals surface area contributed by atoms with Crippen molar-refractivity contribution in [2.75, 3.05) is 36.7 Å². The highest BCUT2D eigenvalue weighted by molar-refractivity contribution is 7.85. The van der Waals surface area contributed by atoms with Gasteiger partial charge in [-0.1, -0.05) is 0 Å². The molecule has 9 nitrogen and oxygen atoms in total. The highest BCUT2D eigenvalue weighted by atomic mass is 32.2. The molecule has 2 unspecified atom stereocenters. The van der Waals surface area contributed by atoms with Gasteiger partial charge >= 0.3 is 6.18 Å². The van der Waals surface area contributed by atoms with Crippen LogP contribution in [0.4, 0.5) is 24.7 Å². The summed E-state index contributed by atoms with van der Waals surface area (Å²) in [5.41, 5.74) is 17.4. The van der Waals surface area contributed by atoms with Crippen LogP contribution in [0.2, 0.25) is 0 Å². The van der Waals surface area contributed by atoms with E-state index in [9.17, 15) is 22.2 Å². The third-order valence-electron chi connectivity index (χ3n) is 5.83. The molecule has 1 aromatic heterocycles. The lowest BCUT2D eigenvalue weighted by atomic mass is 9.89. The number of benzene rings is 1. The van der Waals surface area contributed by atoms with Crippen LogP contribution < -0.4 is 27.8 Å². The van der Waals surface area contributed by atoms with Crippen molar-refractivity contribution >= 4 is 34.0 Å². The van der Waals surface area contributed by atoms with Crippen LogP contribution in [-0.4, -0.2) is 46.5 Å². The molecule has 1 aliphatic heterocycles. The van der Waals surface area contributed by atoms with E-state index in [4.69, 9.17) is 17.2 Å². The van der Waals surface area contributed by atoms with Crippen molar-refractivity contribution in [2.24, 2.45) is 16.5 Å². The van der Waals surface area contributed by atoms with Crippen LogP contribution in [0.3, 0.4) is 0 Å². The number of anilines is 2. The molecule has 0 saturated carbocycles. The van der Waals surface area contributed by atoms with E-state index in [2.05, 4.69) is 20.6 Å². The lowest BCUT2D eigenvalue weighted by molar-refractivity contribution is -0.137. The Kier molecular flexibility index (Phi) is 7.41. The monoisotopic (exact) mass is 511 g/mol. The van der Waals surface area contributed by atoms with Crippen LogP contribution >= 0.6 is 0 Å². The van der Waals surface area contributed by atoms with Gasteiger partial charge in [0.2, 0.25) is 0 Å². The molecule has 1 aromatic carbocycles. The molecule has 0 spiro atoms. The third-order valence-corrected chi connectivity index (χ3v) is 7.32. The average molecular weight is 512 g/mol. The molecule has 3 rings (SSSR count). The maximum atomic E-state index is 13.2. The number of aliphatic imine (C=N–C) groups is 1. The molecule has 3 atom stereocenters. The Bertz CT molecular complexity index is 1200. The van der Waals surface area contributed by atoms with Crippen LogP contribution in [-0.2, 0) is 22.5 Å². The van der Waals surface area contributed by atoms with Gasteiger partial charge < -0.3 is 27.8 Å². The lowest BCUT2D eigenvalue weighted by Gasteiger charge is -2.26. The molecule has 0 bridgehead atoms. The van der Waals surface area contributed by atoms with Crippen LogP contribution in [0, 0.1) is 0 Å². The van der Waals surface area contributed by atoms with Gasteiger partial charge in [0.1, 0.15) is 17.3 Å². The number of pyridine rings is 1. The van der Waals surface area contributed by atoms with Crippen molar-refractivity contribution in [3.8, 4) is 0 Å². The van der Waals surface area contributed by atoms with Gasteiger partial charge in [-0.05, 0) is 43.2 Å². The number of amides is 1. The Balaban J connectivity index is 2.13. The third kappa shape index (κ3) is 5.56. The number of halogens is 3. The van der Waals surface area contributed by atoms with Gasteiger partial charge in [-0.3, -0.25) is 14.0 Å². The van der Waals surface area contributed by atoms with Crippen LogP contribution in [0.5, 0.6) is 0 Å². The normalized spacial score (nSPS) is 21.6. The van der Waals surface area contributed by atoms with E-state index in [1.807, 2.05) is 0 Å². The Morgan fingerprint density at radius 1 is 1.26 bits per heavy atom. The molecule has 2 aromatic rings. The first kappa shape index (κ1) is 26.4. The lowest BCUT2D eigenvalue weighted by Crippen LogP contribution is -2.39. The molecular formula is C22H28F3N7O2S. The fourth-order valence-electron chi connectivity index (χ4n) is 3.94. The molecule has 1 fully saturated rings. The van der Waals surface area contributed by atoms with Gasteiger partial charge in [0, 0.05) is 53.2 Å². The largest absolute Gasteiger partial charge is 0.416 e. The zero-order valence-corrected chi connectivity index (χ0v) is 20.3. The summed E-state index contributed by atoms with van der Waals surface area (Å²) in [4.78, 5) is 21.4. The second-order valence-corrected chi connectivity index (χ2v) is 9.96. The standard InChI is InChI=1S/C22H28F3N7O2S/c1-11(12-6-13(22(23,24)25)8-14(26)7-12)31-18(27)15-9-16(21(28)4-5-35(34)10-21)19(29-2)32-17(15)20(33)30-3/h6-9,11H,4-5,10,26,28H2,1-3H3,(H2,27,31)(H,29,32)(H,30,33)/t11-,21?,35?/m1/s1. The van der Waals surface area contributed by atoms with Crippen molar-refractivity contribution < 1.29 is 22.2 Å². The topological polar surface area (TPSA) is 162 Å². The van der Waals surface area contributed by atoms with E-state index in [0.29, 0.717) is 23.6 Å². The summed E-state index contributed by atoms with van der Waals surface area (Å²) in [7, 11) is 1.93. The van der Waals surface area contributed by atoms with E-state index < -0.39 is 40.0 Å².